The average molecular weight is 239 g/mol. The van der Waals surface area contributed by atoms with Crippen LogP contribution in [0.3, 0.4) is 0 Å². The molecule has 3 rings (SSSR count). The van der Waals surface area contributed by atoms with Crippen LogP contribution in [0.15, 0.2) is 4.79 Å². The highest BCUT2D eigenvalue weighted by atomic mass is 32.2. The highest BCUT2D eigenvalue weighted by Gasteiger charge is 2.23. The van der Waals surface area contributed by atoms with E-state index in [-0.39, 0.29) is 5.56 Å². The average Bonchev–Trinajstić information content (AvgIpc) is 2.69. The van der Waals surface area contributed by atoms with Gasteiger partial charge < -0.3 is 5.32 Å². The van der Waals surface area contributed by atoms with Crippen LogP contribution in [0.25, 0.3) is 0 Å². The number of thioether (sulfide) groups is 1. The zero-order valence-electron chi connectivity index (χ0n) is 9.29. The third-order valence-electron chi connectivity index (χ3n) is 3.51. The Morgan fingerprint density at radius 3 is 2.88 bits per heavy atom. The Balaban J connectivity index is 1.94. The number of hydrogen-bond acceptors (Lipinski definition) is 3. The number of fused-ring (bicyclic) bond motifs is 1. The summed E-state index contributed by atoms with van der Waals surface area (Å²) in [5, 5.41) is 6.59. The van der Waals surface area contributed by atoms with Crippen LogP contribution in [0.4, 0.5) is 0 Å². The van der Waals surface area contributed by atoms with E-state index in [1.165, 1.54) is 11.5 Å². The first kappa shape index (κ1) is 10.5. The molecule has 1 saturated heterocycles. The molecule has 88 valence electrons. The third-order valence-corrected chi connectivity index (χ3v) is 4.55. The van der Waals surface area contributed by atoms with Crippen molar-refractivity contribution in [2.24, 2.45) is 0 Å². The zero-order chi connectivity index (χ0) is 11.0. The van der Waals surface area contributed by atoms with Crippen molar-refractivity contribution in [3.63, 3.8) is 0 Å². The summed E-state index contributed by atoms with van der Waals surface area (Å²) in [6, 6.07) is 0.402. The number of hydrogen-bond donors (Lipinski definition) is 2. The Morgan fingerprint density at radius 2 is 2.12 bits per heavy atom. The van der Waals surface area contributed by atoms with E-state index in [0.29, 0.717) is 6.04 Å². The Bertz CT molecular complexity index is 431. The second kappa shape index (κ2) is 4.30. The van der Waals surface area contributed by atoms with E-state index in [2.05, 4.69) is 10.4 Å². The standard InChI is InChI=1S/C11H17N3OS/c15-11-9-7-12-4-1-10(9)13-14(11)8-2-5-16-6-3-8/h8,12-13H,1-7H2. The number of H-pyrrole nitrogens is 1. The van der Waals surface area contributed by atoms with E-state index >= 15 is 0 Å². The van der Waals surface area contributed by atoms with Crippen LogP contribution in [0.5, 0.6) is 0 Å². The van der Waals surface area contributed by atoms with Gasteiger partial charge in [-0.05, 0) is 24.3 Å². The molecule has 0 unspecified atom stereocenters. The molecule has 0 amide bonds. The summed E-state index contributed by atoms with van der Waals surface area (Å²) in [6.07, 6.45) is 3.20. The Kier molecular flexibility index (Phi) is 2.81. The first-order valence-electron chi connectivity index (χ1n) is 5.97. The molecule has 0 atom stereocenters. The summed E-state index contributed by atoms with van der Waals surface area (Å²) < 4.78 is 1.89. The van der Waals surface area contributed by atoms with Gasteiger partial charge in [-0.15, -0.1) is 0 Å². The maximum absolute atomic E-state index is 12.2. The Hall–Kier alpha value is -0.680. The van der Waals surface area contributed by atoms with Crippen LogP contribution < -0.4 is 10.9 Å². The van der Waals surface area contributed by atoms with Gasteiger partial charge in [0.15, 0.2) is 0 Å². The van der Waals surface area contributed by atoms with Gasteiger partial charge in [0.05, 0.1) is 11.6 Å². The largest absolute Gasteiger partial charge is 0.312 e. The van der Waals surface area contributed by atoms with Gasteiger partial charge in [-0.2, -0.15) is 11.8 Å². The molecule has 1 fully saturated rings. The normalized spacial score (nSPS) is 22.0. The molecule has 16 heavy (non-hydrogen) atoms. The second-order valence-electron chi connectivity index (χ2n) is 4.51. The minimum Gasteiger partial charge on any atom is -0.312 e. The first-order valence-corrected chi connectivity index (χ1v) is 7.12. The van der Waals surface area contributed by atoms with E-state index < -0.39 is 0 Å². The van der Waals surface area contributed by atoms with E-state index in [4.69, 9.17) is 0 Å². The predicted octanol–water partition coefficient (Wildman–Crippen LogP) is 0.890. The number of nitrogens with zero attached hydrogens (tertiary/aromatic N) is 1. The van der Waals surface area contributed by atoms with Crippen molar-refractivity contribution in [2.75, 3.05) is 18.1 Å². The van der Waals surface area contributed by atoms with Gasteiger partial charge in [-0.25, -0.2) is 4.68 Å². The fourth-order valence-corrected chi connectivity index (χ4v) is 3.64. The molecule has 5 heteroatoms. The van der Waals surface area contributed by atoms with E-state index in [1.54, 1.807) is 0 Å². The van der Waals surface area contributed by atoms with Gasteiger partial charge >= 0.3 is 0 Å². The quantitative estimate of drug-likeness (QED) is 0.765. The molecule has 0 aliphatic carbocycles. The number of nitrogens with one attached hydrogen (secondary N) is 2. The van der Waals surface area contributed by atoms with Crippen LogP contribution in [-0.2, 0) is 13.0 Å². The topological polar surface area (TPSA) is 49.8 Å². The van der Waals surface area contributed by atoms with Crippen molar-refractivity contribution in [3.05, 3.63) is 21.6 Å². The smallest absolute Gasteiger partial charge is 0.271 e. The molecule has 0 aromatic carbocycles. The maximum Gasteiger partial charge on any atom is 0.271 e. The minimum absolute atomic E-state index is 0.208. The predicted molar refractivity (Wildman–Crippen MR) is 66.1 cm³/mol. The van der Waals surface area contributed by atoms with Crippen LogP contribution in [0, 0.1) is 0 Å². The van der Waals surface area contributed by atoms with Crippen molar-refractivity contribution in [2.45, 2.75) is 31.8 Å². The summed E-state index contributed by atoms with van der Waals surface area (Å²) in [7, 11) is 0. The maximum atomic E-state index is 12.2. The number of rotatable bonds is 1. The molecule has 4 nitrogen and oxygen atoms in total. The molecule has 0 saturated carbocycles. The molecule has 2 aliphatic heterocycles. The second-order valence-corrected chi connectivity index (χ2v) is 5.74. The fourth-order valence-electron chi connectivity index (χ4n) is 2.55. The molecule has 2 N–H and O–H groups in total. The molecule has 2 aliphatic rings. The third kappa shape index (κ3) is 1.72. The lowest BCUT2D eigenvalue weighted by atomic mass is 10.1. The van der Waals surface area contributed by atoms with Crippen LogP contribution in [-0.4, -0.2) is 27.8 Å². The molecule has 0 bridgehead atoms. The molecule has 0 spiro atoms. The van der Waals surface area contributed by atoms with Crippen molar-refractivity contribution >= 4 is 11.8 Å². The lowest BCUT2D eigenvalue weighted by Crippen LogP contribution is -2.29. The number of aromatic amines is 1. The zero-order valence-corrected chi connectivity index (χ0v) is 10.1. The van der Waals surface area contributed by atoms with Gasteiger partial charge in [0.1, 0.15) is 0 Å². The summed E-state index contributed by atoms with van der Waals surface area (Å²) in [6.45, 7) is 1.71. The van der Waals surface area contributed by atoms with Crippen LogP contribution in [0.2, 0.25) is 0 Å². The van der Waals surface area contributed by atoms with Gasteiger partial charge in [-0.1, -0.05) is 0 Å². The minimum atomic E-state index is 0.208. The monoisotopic (exact) mass is 239 g/mol. The van der Waals surface area contributed by atoms with Crippen LogP contribution >= 0.6 is 11.8 Å². The van der Waals surface area contributed by atoms with E-state index in [9.17, 15) is 4.79 Å². The SMILES string of the molecule is O=c1c2c([nH]n1C1CCSCC1)CCNC2. The van der Waals surface area contributed by atoms with E-state index in [0.717, 1.165) is 43.6 Å². The molecule has 1 aromatic heterocycles. The van der Waals surface area contributed by atoms with Gasteiger partial charge in [0.2, 0.25) is 0 Å². The Labute approximate surface area is 98.8 Å². The van der Waals surface area contributed by atoms with Crippen molar-refractivity contribution in [1.29, 1.82) is 0 Å². The summed E-state index contributed by atoms with van der Waals surface area (Å²) in [5.41, 5.74) is 2.32. The van der Waals surface area contributed by atoms with E-state index in [1.807, 2.05) is 16.4 Å². The fraction of sp³-hybridized carbons (Fsp3) is 0.727. The number of aromatic nitrogens is 2. The van der Waals surface area contributed by atoms with Crippen molar-refractivity contribution in [1.82, 2.24) is 15.1 Å². The summed E-state index contributed by atoms with van der Waals surface area (Å²) in [4.78, 5) is 12.2. The van der Waals surface area contributed by atoms with Gasteiger partial charge in [-0.3, -0.25) is 9.89 Å². The van der Waals surface area contributed by atoms with Gasteiger partial charge in [0, 0.05) is 25.2 Å². The summed E-state index contributed by atoms with van der Waals surface area (Å²) in [5.74, 6) is 2.36. The molecular formula is C11H17N3OS. The highest BCUT2D eigenvalue weighted by Crippen LogP contribution is 2.26. The molecule has 3 heterocycles. The Morgan fingerprint density at radius 1 is 1.31 bits per heavy atom. The van der Waals surface area contributed by atoms with Crippen molar-refractivity contribution < 1.29 is 0 Å². The van der Waals surface area contributed by atoms with Gasteiger partial charge in [0.25, 0.3) is 5.56 Å². The molecule has 1 aromatic rings. The van der Waals surface area contributed by atoms with Crippen molar-refractivity contribution in [3.8, 4) is 0 Å². The lowest BCUT2D eigenvalue weighted by molar-refractivity contribution is 0.413. The first-order chi connectivity index (χ1) is 7.86. The lowest BCUT2D eigenvalue weighted by Gasteiger charge is -2.21. The molecular weight excluding hydrogens is 222 g/mol. The van der Waals surface area contributed by atoms with Crippen LogP contribution in [0.1, 0.15) is 30.1 Å². The molecule has 0 radical (unpaired) electrons. The highest BCUT2D eigenvalue weighted by molar-refractivity contribution is 7.99. The summed E-state index contributed by atoms with van der Waals surface area (Å²) >= 11 is 1.99.